The van der Waals surface area contributed by atoms with Gasteiger partial charge in [-0.1, -0.05) is 62.9 Å². The van der Waals surface area contributed by atoms with Gasteiger partial charge in [0.05, 0.1) is 5.69 Å². The lowest BCUT2D eigenvalue weighted by Gasteiger charge is -2.08. The van der Waals surface area contributed by atoms with E-state index in [1.807, 2.05) is 70.2 Å². The highest BCUT2D eigenvalue weighted by Crippen LogP contribution is 2.20. The summed E-state index contributed by atoms with van der Waals surface area (Å²) < 4.78 is 0. The van der Waals surface area contributed by atoms with Gasteiger partial charge in [-0.3, -0.25) is 0 Å². The quantitative estimate of drug-likeness (QED) is 0.767. The van der Waals surface area contributed by atoms with E-state index in [9.17, 15) is 0 Å². The summed E-state index contributed by atoms with van der Waals surface area (Å²) in [5.74, 6) is 0.756. The van der Waals surface area contributed by atoms with Crippen LogP contribution in [0.2, 0.25) is 0 Å². The van der Waals surface area contributed by atoms with Gasteiger partial charge in [-0.2, -0.15) is 0 Å². The molecule has 2 rings (SSSR count). The molecule has 20 heavy (non-hydrogen) atoms. The van der Waals surface area contributed by atoms with E-state index < -0.39 is 0 Å². The number of allylic oxidation sites excluding steroid dienone is 1. The Hall–Kier alpha value is -2.22. The number of benzene rings is 1. The van der Waals surface area contributed by atoms with Crippen molar-refractivity contribution >= 4 is 12.2 Å². The van der Waals surface area contributed by atoms with E-state index in [0.717, 1.165) is 28.3 Å². The van der Waals surface area contributed by atoms with E-state index in [0.29, 0.717) is 0 Å². The van der Waals surface area contributed by atoms with Gasteiger partial charge in [-0.25, -0.2) is 9.97 Å². The lowest BCUT2D eigenvalue weighted by atomic mass is 10.1. The van der Waals surface area contributed by atoms with Gasteiger partial charge in [0.25, 0.3) is 0 Å². The van der Waals surface area contributed by atoms with E-state index in [2.05, 4.69) is 16.5 Å². The molecule has 2 heteroatoms. The molecule has 0 bridgehead atoms. The topological polar surface area (TPSA) is 25.8 Å². The predicted octanol–water partition coefficient (Wildman–Crippen LogP) is 5.15. The molecule has 0 amide bonds. The van der Waals surface area contributed by atoms with Gasteiger partial charge in [0.2, 0.25) is 0 Å². The molecule has 0 saturated carbocycles. The molecule has 0 aliphatic heterocycles. The fourth-order valence-electron chi connectivity index (χ4n) is 1.86. The largest absolute Gasteiger partial charge is 0.233 e. The van der Waals surface area contributed by atoms with E-state index in [-0.39, 0.29) is 0 Å². The van der Waals surface area contributed by atoms with Crippen molar-refractivity contribution in [3.05, 3.63) is 59.9 Å². The normalized spacial score (nSPS) is 10.0. The van der Waals surface area contributed by atoms with Crippen LogP contribution in [0.3, 0.4) is 0 Å². The average Bonchev–Trinajstić information content (AvgIpc) is 2.50. The molecular formula is C18H22N2. The molecule has 104 valence electrons. The first-order valence-corrected chi connectivity index (χ1v) is 6.95. The molecule has 0 spiro atoms. The Morgan fingerprint density at radius 1 is 1.05 bits per heavy atom. The molecule has 0 fully saturated rings. The molecule has 1 aromatic heterocycles. The SMILES string of the molecule is C=Cc1c(C)nc(-c2ccccc2)nc1/C=C\C.CC. The first-order chi connectivity index (χ1) is 9.76. The second-order valence-electron chi connectivity index (χ2n) is 4.00. The van der Waals surface area contributed by atoms with Crippen molar-refractivity contribution in [2.24, 2.45) is 0 Å². The van der Waals surface area contributed by atoms with E-state index in [4.69, 9.17) is 0 Å². The summed E-state index contributed by atoms with van der Waals surface area (Å²) >= 11 is 0. The van der Waals surface area contributed by atoms with Crippen molar-refractivity contribution in [2.45, 2.75) is 27.7 Å². The highest BCUT2D eigenvalue weighted by Gasteiger charge is 2.08. The van der Waals surface area contributed by atoms with Gasteiger partial charge in [0.15, 0.2) is 5.82 Å². The summed E-state index contributed by atoms with van der Waals surface area (Å²) in [5.41, 5.74) is 3.89. The minimum atomic E-state index is 0.756. The van der Waals surface area contributed by atoms with Crippen molar-refractivity contribution in [1.82, 2.24) is 9.97 Å². The van der Waals surface area contributed by atoms with Crippen molar-refractivity contribution in [3.63, 3.8) is 0 Å². The van der Waals surface area contributed by atoms with Crippen LogP contribution in [0.25, 0.3) is 23.5 Å². The molecule has 2 aromatic rings. The van der Waals surface area contributed by atoms with Crippen molar-refractivity contribution in [2.75, 3.05) is 0 Å². The van der Waals surface area contributed by atoms with E-state index >= 15 is 0 Å². The summed E-state index contributed by atoms with van der Waals surface area (Å²) in [6.07, 6.45) is 5.76. The zero-order valence-electron chi connectivity index (χ0n) is 12.7. The predicted molar refractivity (Wildman–Crippen MR) is 88.4 cm³/mol. The van der Waals surface area contributed by atoms with Crippen molar-refractivity contribution in [1.29, 1.82) is 0 Å². The van der Waals surface area contributed by atoms with Gasteiger partial charge in [-0.15, -0.1) is 0 Å². The minimum Gasteiger partial charge on any atom is -0.233 e. The third-order valence-corrected chi connectivity index (χ3v) is 2.73. The monoisotopic (exact) mass is 266 g/mol. The first kappa shape index (κ1) is 15.8. The van der Waals surface area contributed by atoms with E-state index in [1.165, 1.54) is 0 Å². The molecule has 0 aliphatic carbocycles. The molecule has 0 unspecified atom stereocenters. The van der Waals surface area contributed by atoms with Crippen LogP contribution in [0.5, 0.6) is 0 Å². The van der Waals surface area contributed by atoms with Crippen LogP contribution in [-0.4, -0.2) is 9.97 Å². The van der Waals surface area contributed by atoms with Gasteiger partial charge in [0.1, 0.15) is 0 Å². The Morgan fingerprint density at radius 2 is 1.70 bits per heavy atom. The minimum absolute atomic E-state index is 0.756. The maximum absolute atomic E-state index is 4.60. The van der Waals surface area contributed by atoms with E-state index in [1.54, 1.807) is 6.08 Å². The average molecular weight is 266 g/mol. The Labute approximate surface area is 121 Å². The van der Waals surface area contributed by atoms with Crippen molar-refractivity contribution in [3.8, 4) is 11.4 Å². The maximum atomic E-state index is 4.60. The van der Waals surface area contributed by atoms with Gasteiger partial charge < -0.3 is 0 Å². The summed E-state index contributed by atoms with van der Waals surface area (Å²) in [7, 11) is 0. The maximum Gasteiger partial charge on any atom is 0.160 e. The molecule has 0 atom stereocenters. The van der Waals surface area contributed by atoms with Crippen LogP contribution in [0.4, 0.5) is 0 Å². The molecule has 2 nitrogen and oxygen atoms in total. The lowest BCUT2D eigenvalue weighted by molar-refractivity contribution is 1.09. The second-order valence-corrected chi connectivity index (χ2v) is 4.00. The molecule has 0 radical (unpaired) electrons. The summed E-state index contributed by atoms with van der Waals surface area (Å²) in [6, 6.07) is 10.0. The number of aromatic nitrogens is 2. The van der Waals surface area contributed by atoms with Gasteiger partial charge >= 0.3 is 0 Å². The molecule has 1 heterocycles. The standard InChI is InChI=1S/C16H16N2.C2H6/c1-4-9-15-14(5-2)12(3)17-16(18-15)13-10-7-6-8-11-13;1-2/h4-11H,2H2,1,3H3;1-2H3/b9-4-;. The van der Waals surface area contributed by atoms with Crippen LogP contribution in [-0.2, 0) is 0 Å². The van der Waals surface area contributed by atoms with Crippen LogP contribution in [0.1, 0.15) is 37.7 Å². The number of rotatable bonds is 3. The second kappa shape index (κ2) is 8.05. The zero-order chi connectivity index (χ0) is 15.0. The fraction of sp³-hybridized carbons (Fsp3) is 0.222. The smallest absolute Gasteiger partial charge is 0.160 e. The van der Waals surface area contributed by atoms with Crippen LogP contribution in [0, 0.1) is 6.92 Å². The number of aryl methyl sites for hydroxylation is 1. The van der Waals surface area contributed by atoms with Crippen LogP contribution in [0.15, 0.2) is 43.0 Å². The summed E-state index contributed by atoms with van der Waals surface area (Å²) in [4.78, 5) is 9.14. The number of nitrogens with zero attached hydrogens (tertiary/aromatic N) is 2. The number of hydrogen-bond acceptors (Lipinski definition) is 2. The van der Waals surface area contributed by atoms with Crippen LogP contribution >= 0.6 is 0 Å². The van der Waals surface area contributed by atoms with Gasteiger partial charge in [0, 0.05) is 16.8 Å². The Kier molecular flexibility index (Phi) is 6.38. The summed E-state index contributed by atoms with van der Waals surface area (Å²) in [6.45, 7) is 11.8. The Bertz CT molecular complexity index is 584. The third kappa shape index (κ3) is 3.64. The molecule has 0 saturated heterocycles. The molecule has 0 aliphatic rings. The first-order valence-electron chi connectivity index (χ1n) is 6.95. The van der Waals surface area contributed by atoms with Crippen LogP contribution < -0.4 is 0 Å². The highest BCUT2D eigenvalue weighted by molar-refractivity contribution is 5.66. The van der Waals surface area contributed by atoms with Gasteiger partial charge in [-0.05, 0) is 19.9 Å². The molecular weight excluding hydrogens is 244 g/mol. The van der Waals surface area contributed by atoms with Crippen molar-refractivity contribution < 1.29 is 0 Å². The zero-order valence-corrected chi connectivity index (χ0v) is 12.7. The third-order valence-electron chi connectivity index (χ3n) is 2.73. The lowest BCUT2D eigenvalue weighted by Crippen LogP contribution is -1.99. The summed E-state index contributed by atoms with van der Waals surface area (Å²) in [5, 5.41) is 0. The fourth-order valence-corrected chi connectivity index (χ4v) is 1.86. The number of hydrogen-bond donors (Lipinski definition) is 0. The molecule has 1 aromatic carbocycles. The highest BCUT2D eigenvalue weighted by atomic mass is 14.9. The Morgan fingerprint density at radius 3 is 2.25 bits per heavy atom. The Balaban J connectivity index is 0.000000956. The molecule has 0 N–H and O–H groups in total.